The standard InChI is InChI=1S/C25H33.2C7H7.C5H5.CH2.2ClH.Zr/c1-15-13-21-19-11-7-8-12-20(19)24-18-10-6-5-9-17(18)14-22(24)23(21)16(2)25(15,3)4;2*1-7-5-3-2-4-6-7;1-2-4-5-3-1;;;;/h5-6,9-10,15,19-21,24H,7-8,11-14H2,1-4H3;2*2-3,5-6H,1H3;1-3H,4H2;1H2;2*1H;. The molecule has 0 N–H and O–H groups in total. The molecule has 3 aromatic rings. The predicted molar refractivity (Wildman–Crippen MR) is 210 cm³/mol. The third kappa shape index (κ3) is 4.45. The molecule has 2 fully saturated rings. The Hall–Kier alpha value is -1.79. The van der Waals surface area contributed by atoms with Gasteiger partial charge >= 0.3 is 281 Å². The molecule has 0 aromatic heterocycles. The first-order valence-electron chi connectivity index (χ1n) is 18.4. The molecule has 0 saturated heterocycles. The summed E-state index contributed by atoms with van der Waals surface area (Å²) in [5.74, 6) is 3.40. The Kier molecular flexibility index (Phi) is 9.35. The maximum absolute atomic E-state index is 6.06. The molecule has 0 bridgehead atoms. The van der Waals surface area contributed by atoms with E-state index in [-0.39, 0.29) is 33.4 Å². The van der Waals surface area contributed by atoms with Gasteiger partial charge in [0.25, 0.3) is 0 Å². The number of hydrogen-bond donors (Lipinski definition) is 0. The van der Waals surface area contributed by atoms with Crippen molar-refractivity contribution in [2.45, 2.75) is 95.5 Å². The summed E-state index contributed by atoms with van der Waals surface area (Å²) in [5, 5.41) is 0. The predicted octanol–water partition coefficient (Wildman–Crippen LogP) is 11.4. The molecule has 0 spiro atoms. The van der Waals surface area contributed by atoms with Crippen LogP contribution in [0.2, 0.25) is 3.12 Å². The summed E-state index contributed by atoms with van der Waals surface area (Å²) in [5.41, 5.74) is 9.75. The summed E-state index contributed by atoms with van der Waals surface area (Å²) in [4.78, 5) is 0. The fourth-order valence-corrected chi connectivity index (χ4v) is 33.6. The second-order valence-electron chi connectivity index (χ2n) is 17.0. The van der Waals surface area contributed by atoms with Crippen LogP contribution in [0.5, 0.6) is 0 Å². The number of halogens is 2. The van der Waals surface area contributed by atoms with Crippen LogP contribution in [0.3, 0.4) is 0 Å². The van der Waals surface area contributed by atoms with Crippen molar-refractivity contribution >= 4 is 35.6 Å². The van der Waals surface area contributed by atoms with Gasteiger partial charge in [0, 0.05) is 0 Å². The zero-order valence-electron chi connectivity index (χ0n) is 30.0. The molecule has 5 aliphatic rings. The number of fused-ring (bicyclic) bond motifs is 7. The third-order valence-corrected chi connectivity index (χ3v) is 35.1. The molecular weight excluding hydrogens is 703 g/mol. The van der Waals surface area contributed by atoms with Gasteiger partial charge in [-0.25, -0.2) is 0 Å². The van der Waals surface area contributed by atoms with E-state index in [0.717, 1.165) is 24.7 Å². The Balaban J connectivity index is 0.00000201. The molecule has 0 radical (unpaired) electrons. The van der Waals surface area contributed by atoms with Crippen LogP contribution in [0.1, 0.15) is 94.4 Å². The van der Waals surface area contributed by atoms with E-state index >= 15 is 0 Å². The molecule has 254 valence electrons. The van der Waals surface area contributed by atoms with E-state index in [1.54, 1.807) is 21.0 Å². The molecule has 6 unspecified atom stereocenters. The van der Waals surface area contributed by atoms with Crippen LogP contribution in [0, 0.1) is 42.9 Å². The van der Waals surface area contributed by atoms with Gasteiger partial charge in [-0.2, -0.15) is 0 Å². The van der Waals surface area contributed by atoms with Gasteiger partial charge in [0.2, 0.25) is 0 Å². The zero-order chi connectivity index (χ0) is 32.1. The Morgan fingerprint density at radius 3 is 2.02 bits per heavy atom. The molecular formula is C45H56Cl2Zr. The van der Waals surface area contributed by atoms with Crippen molar-refractivity contribution in [3.63, 3.8) is 0 Å². The normalized spacial score (nSPS) is 30.2. The van der Waals surface area contributed by atoms with Crippen LogP contribution in [0.25, 0.3) is 0 Å². The first-order chi connectivity index (χ1) is 22.0. The van der Waals surface area contributed by atoms with Crippen molar-refractivity contribution < 1.29 is 18.3 Å². The number of rotatable bonds is 4. The number of allylic oxidation sites excluding steroid dienone is 6. The Morgan fingerprint density at radius 2 is 1.42 bits per heavy atom. The van der Waals surface area contributed by atoms with Gasteiger partial charge in [-0.3, -0.25) is 0 Å². The minimum absolute atomic E-state index is 0. The Bertz CT molecular complexity index is 1860. The van der Waals surface area contributed by atoms with Crippen molar-refractivity contribution in [2.24, 2.45) is 29.1 Å². The van der Waals surface area contributed by atoms with Crippen LogP contribution in [0.15, 0.2) is 105 Å². The number of benzene rings is 3. The molecule has 0 heterocycles. The minimum atomic E-state index is -4.90. The summed E-state index contributed by atoms with van der Waals surface area (Å²) >= 11 is -4.90. The Morgan fingerprint density at radius 1 is 0.792 bits per heavy atom. The van der Waals surface area contributed by atoms with Gasteiger partial charge in [-0.1, -0.05) is 0 Å². The average Bonchev–Trinajstić information content (AvgIpc) is 3.73. The second kappa shape index (κ2) is 12.5. The van der Waals surface area contributed by atoms with Crippen molar-refractivity contribution in [3.05, 3.63) is 128 Å². The second-order valence-corrected chi connectivity index (χ2v) is 31.1. The van der Waals surface area contributed by atoms with Gasteiger partial charge < -0.3 is 0 Å². The number of aryl methyl sites for hydroxylation is 2. The van der Waals surface area contributed by atoms with Gasteiger partial charge in [-0.15, -0.1) is 24.8 Å². The van der Waals surface area contributed by atoms with Crippen LogP contribution < -0.4 is 6.54 Å². The van der Waals surface area contributed by atoms with E-state index in [2.05, 4.69) is 133 Å². The summed E-state index contributed by atoms with van der Waals surface area (Å²) in [7, 11) is 0. The molecule has 5 aliphatic carbocycles. The molecule has 8 rings (SSSR count). The summed E-state index contributed by atoms with van der Waals surface area (Å²) < 4.78 is 10.8. The molecule has 48 heavy (non-hydrogen) atoms. The van der Waals surface area contributed by atoms with Gasteiger partial charge in [0.1, 0.15) is 0 Å². The van der Waals surface area contributed by atoms with Crippen LogP contribution in [0.4, 0.5) is 0 Å². The van der Waals surface area contributed by atoms with Gasteiger partial charge in [-0.05, 0) is 0 Å². The fourth-order valence-electron chi connectivity index (χ4n) is 12.6. The Labute approximate surface area is 304 Å². The van der Waals surface area contributed by atoms with E-state index < -0.39 is 18.3 Å². The molecule has 2 saturated carbocycles. The van der Waals surface area contributed by atoms with Crippen molar-refractivity contribution in [2.75, 3.05) is 0 Å². The first-order valence-corrected chi connectivity index (χ1v) is 25.0. The molecule has 3 aromatic carbocycles. The average molecular weight is 759 g/mol. The van der Waals surface area contributed by atoms with E-state index in [9.17, 15) is 0 Å². The van der Waals surface area contributed by atoms with Crippen LogP contribution >= 0.6 is 24.8 Å². The van der Waals surface area contributed by atoms with Crippen molar-refractivity contribution in [1.82, 2.24) is 0 Å². The number of hydrogen-bond acceptors (Lipinski definition) is 0. The molecule has 3 heteroatoms. The van der Waals surface area contributed by atoms with E-state index in [1.807, 2.05) is 11.1 Å². The molecule has 0 amide bonds. The molecule has 0 aliphatic heterocycles. The van der Waals surface area contributed by atoms with Crippen LogP contribution in [-0.4, -0.2) is 4.21 Å². The van der Waals surface area contributed by atoms with E-state index in [0.29, 0.717) is 17.8 Å². The van der Waals surface area contributed by atoms with Gasteiger partial charge in [0.15, 0.2) is 0 Å². The summed E-state index contributed by atoms with van der Waals surface area (Å²) in [6.07, 6.45) is 16.4. The monoisotopic (exact) mass is 756 g/mol. The van der Waals surface area contributed by atoms with Crippen LogP contribution in [-0.2, 0) is 24.7 Å². The summed E-state index contributed by atoms with van der Waals surface area (Å²) in [6.45, 7) is 15.4. The fraction of sp³-hybridized carbons (Fsp3) is 0.444. The molecule has 0 nitrogen and oxygen atoms in total. The third-order valence-electron chi connectivity index (χ3n) is 15.2. The SMILES string of the molecule is Cl.Cl.[CH2]=[Zr]([C]1=CC=CC1)([c]1cccc(C)c1)([c]1cccc(C)c1)[C]1(C)C2=C3Cc4ccccc4C3C3CCCCC3C2CC(C)C1(C)C. The van der Waals surface area contributed by atoms with E-state index in [4.69, 9.17) is 4.21 Å². The maximum atomic E-state index is 6.06. The topological polar surface area (TPSA) is 0 Å². The summed E-state index contributed by atoms with van der Waals surface area (Å²) in [6, 6.07) is 29.1. The quantitative estimate of drug-likeness (QED) is 0.233. The van der Waals surface area contributed by atoms with Gasteiger partial charge in [0.05, 0.1) is 0 Å². The zero-order valence-corrected chi connectivity index (χ0v) is 34.1. The molecule has 6 atom stereocenters. The first kappa shape index (κ1) is 36.0. The van der Waals surface area contributed by atoms with Crippen molar-refractivity contribution in [1.29, 1.82) is 0 Å². The van der Waals surface area contributed by atoms with E-state index in [1.165, 1.54) is 43.2 Å². The van der Waals surface area contributed by atoms with Crippen molar-refractivity contribution in [3.8, 4) is 0 Å².